The molecule has 6 nitrogen and oxygen atoms in total. The lowest BCUT2D eigenvalue weighted by atomic mass is 9.99. The highest BCUT2D eigenvalue weighted by Gasteiger charge is 2.33. The van der Waals surface area contributed by atoms with Crippen molar-refractivity contribution in [3.63, 3.8) is 0 Å². The van der Waals surface area contributed by atoms with Crippen LogP contribution in [0.4, 0.5) is 0 Å². The van der Waals surface area contributed by atoms with Crippen molar-refractivity contribution >= 4 is 21.7 Å². The topological polar surface area (TPSA) is 101 Å². The lowest BCUT2D eigenvalue weighted by Gasteiger charge is -2.22. The van der Waals surface area contributed by atoms with E-state index in [1.54, 1.807) is 13.8 Å². The molecular formula is C12H23NO5S. The molecule has 19 heavy (non-hydrogen) atoms. The average molecular weight is 293 g/mol. The Morgan fingerprint density at radius 1 is 1.26 bits per heavy atom. The van der Waals surface area contributed by atoms with Gasteiger partial charge in [0.1, 0.15) is 11.8 Å². The van der Waals surface area contributed by atoms with Crippen molar-refractivity contribution in [1.29, 1.82) is 0 Å². The molecule has 0 aliphatic heterocycles. The van der Waals surface area contributed by atoms with Crippen LogP contribution in [0, 0.1) is 5.92 Å². The van der Waals surface area contributed by atoms with E-state index < -0.39 is 38.3 Å². The van der Waals surface area contributed by atoms with Gasteiger partial charge in [0.25, 0.3) is 0 Å². The first-order valence-corrected chi connectivity index (χ1v) is 7.82. The lowest BCUT2D eigenvalue weighted by Crippen LogP contribution is -2.48. The van der Waals surface area contributed by atoms with Crippen molar-refractivity contribution in [3.8, 4) is 0 Å². The van der Waals surface area contributed by atoms with Crippen molar-refractivity contribution in [2.45, 2.75) is 51.8 Å². The fourth-order valence-corrected chi connectivity index (χ4v) is 2.15. The molecule has 0 aliphatic carbocycles. The van der Waals surface area contributed by atoms with E-state index in [0.717, 1.165) is 0 Å². The zero-order chi connectivity index (χ0) is 15.4. The monoisotopic (exact) mass is 293 g/mol. The highest BCUT2D eigenvalue weighted by atomic mass is 32.2. The summed E-state index contributed by atoms with van der Waals surface area (Å²) in [6.07, 6.45) is 0.573. The summed E-state index contributed by atoms with van der Waals surface area (Å²) in [6.45, 7) is 7.99. The van der Waals surface area contributed by atoms with Crippen molar-refractivity contribution < 1.29 is 23.1 Å². The van der Waals surface area contributed by atoms with Crippen molar-refractivity contribution in [2.24, 2.45) is 5.92 Å². The van der Waals surface area contributed by atoms with Crippen LogP contribution in [0.15, 0.2) is 0 Å². The van der Waals surface area contributed by atoms with Crippen LogP contribution in [0.2, 0.25) is 0 Å². The van der Waals surface area contributed by atoms with Crippen LogP contribution in [0.5, 0.6) is 0 Å². The fourth-order valence-electron chi connectivity index (χ4n) is 1.29. The Labute approximate surface area is 114 Å². The van der Waals surface area contributed by atoms with Crippen LogP contribution in [-0.4, -0.2) is 41.9 Å². The molecule has 0 bridgehead atoms. The second-order valence-corrected chi connectivity index (χ2v) is 8.38. The molecule has 0 saturated heterocycles. The number of hydrogen-bond acceptors (Lipinski definition) is 4. The summed E-state index contributed by atoms with van der Waals surface area (Å²) >= 11 is 0. The second-order valence-electron chi connectivity index (χ2n) is 5.64. The van der Waals surface area contributed by atoms with E-state index in [4.69, 9.17) is 5.11 Å². The van der Waals surface area contributed by atoms with Gasteiger partial charge in [-0.2, -0.15) is 0 Å². The molecule has 0 fully saturated rings. The van der Waals surface area contributed by atoms with Gasteiger partial charge in [-0.15, -0.1) is 0 Å². The minimum Gasteiger partial charge on any atom is -0.480 e. The lowest BCUT2D eigenvalue weighted by molar-refractivity contribution is -0.143. The van der Waals surface area contributed by atoms with Crippen molar-refractivity contribution in [3.05, 3.63) is 0 Å². The van der Waals surface area contributed by atoms with Crippen LogP contribution >= 0.6 is 0 Å². The number of aliphatic carboxylic acids is 1. The van der Waals surface area contributed by atoms with E-state index in [9.17, 15) is 18.0 Å². The molecule has 2 N–H and O–H groups in total. The van der Waals surface area contributed by atoms with Crippen LogP contribution in [-0.2, 0) is 19.4 Å². The SMILES string of the molecule is CCC(C)C(NC(=O)CS(=O)(=O)C(C)(C)C)C(=O)O. The molecule has 0 spiro atoms. The van der Waals surface area contributed by atoms with Crippen LogP contribution in [0.1, 0.15) is 41.0 Å². The standard InChI is InChI=1S/C12H23NO5S/c1-6-8(2)10(11(15)16)13-9(14)7-19(17,18)12(3,4)5/h8,10H,6-7H2,1-5H3,(H,13,14)(H,15,16). The predicted octanol–water partition coefficient (Wildman–Crippen LogP) is 0.815. The smallest absolute Gasteiger partial charge is 0.326 e. The first kappa shape index (κ1) is 17.9. The van der Waals surface area contributed by atoms with Gasteiger partial charge in [0.2, 0.25) is 5.91 Å². The fraction of sp³-hybridized carbons (Fsp3) is 0.833. The molecule has 0 aromatic heterocycles. The number of rotatable bonds is 6. The van der Waals surface area contributed by atoms with Crippen molar-refractivity contribution in [1.82, 2.24) is 5.32 Å². The van der Waals surface area contributed by atoms with Gasteiger partial charge in [-0.1, -0.05) is 20.3 Å². The Morgan fingerprint density at radius 3 is 2.05 bits per heavy atom. The maximum Gasteiger partial charge on any atom is 0.326 e. The molecule has 2 unspecified atom stereocenters. The molecule has 1 amide bonds. The number of carboxylic acids is 1. The Kier molecular flexibility index (Phi) is 5.99. The number of carbonyl (C=O) groups is 2. The first-order valence-electron chi connectivity index (χ1n) is 6.16. The molecule has 0 aliphatic rings. The van der Waals surface area contributed by atoms with Gasteiger partial charge in [0, 0.05) is 0 Å². The molecule has 0 aromatic rings. The molecule has 7 heteroatoms. The third kappa shape index (κ3) is 5.18. The van der Waals surface area contributed by atoms with Gasteiger partial charge in [0.15, 0.2) is 9.84 Å². The van der Waals surface area contributed by atoms with Gasteiger partial charge in [0.05, 0.1) is 4.75 Å². The molecule has 0 radical (unpaired) electrons. The van der Waals surface area contributed by atoms with E-state index in [-0.39, 0.29) is 5.92 Å². The Hall–Kier alpha value is -1.11. The molecule has 0 heterocycles. The zero-order valence-electron chi connectivity index (χ0n) is 12.1. The normalized spacial score (nSPS) is 15.6. The van der Waals surface area contributed by atoms with E-state index in [1.165, 1.54) is 20.8 Å². The quantitative estimate of drug-likeness (QED) is 0.755. The molecule has 0 saturated carbocycles. The number of carboxylic acid groups (broad SMARTS) is 1. The average Bonchev–Trinajstić information content (AvgIpc) is 2.22. The summed E-state index contributed by atoms with van der Waals surface area (Å²) in [5.41, 5.74) is 0. The summed E-state index contributed by atoms with van der Waals surface area (Å²) in [4.78, 5) is 22.7. The van der Waals surface area contributed by atoms with Crippen LogP contribution < -0.4 is 5.32 Å². The van der Waals surface area contributed by atoms with E-state index >= 15 is 0 Å². The van der Waals surface area contributed by atoms with E-state index in [1.807, 2.05) is 0 Å². The number of sulfone groups is 1. The number of carbonyl (C=O) groups excluding carboxylic acids is 1. The predicted molar refractivity (Wildman–Crippen MR) is 72.6 cm³/mol. The summed E-state index contributed by atoms with van der Waals surface area (Å²) < 4.78 is 22.6. The summed E-state index contributed by atoms with van der Waals surface area (Å²) in [5, 5.41) is 11.3. The number of nitrogens with one attached hydrogen (secondary N) is 1. The minimum atomic E-state index is -3.61. The van der Waals surface area contributed by atoms with Crippen molar-refractivity contribution in [2.75, 3.05) is 5.75 Å². The number of hydrogen-bond donors (Lipinski definition) is 2. The highest BCUT2D eigenvalue weighted by Crippen LogP contribution is 2.16. The molecule has 0 rings (SSSR count). The minimum absolute atomic E-state index is 0.265. The first-order chi connectivity index (χ1) is 8.42. The zero-order valence-corrected chi connectivity index (χ0v) is 12.9. The maximum atomic E-state index is 11.8. The molecular weight excluding hydrogens is 270 g/mol. The summed E-state index contributed by atoms with van der Waals surface area (Å²) in [5.74, 6) is -2.89. The number of amides is 1. The van der Waals surface area contributed by atoms with Gasteiger partial charge < -0.3 is 10.4 Å². The second kappa shape index (κ2) is 6.36. The largest absolute Gasteiger partial charge is 0.480 e. The third-order valence-corrected chi connectivity index (χ3v) is 5.56. The summed E-state index contributed by atoms with van der Waals surface area (Å²) in [6, 6.07) is -1.06. The van der Waals surface area contributed by atoms with E-state index in [2.05, 4.69) is 5.32 Å². The Balaban J connectivity index is 4.84. The maximum absolute atomic E-state index is 11.8. The Morgan fingerprint density at radius 2 is 1.74 bits per heavy atom. The van der Waals surface area contributed by atoms with Crippen LogP contribution in [0.3, 0.4) is 0 Å². The summed E-state index contributed by atoms with van der Waals surface area (Å²) in [7, 11) is -3.61. The van der Waals surface area contributed by atoms with Crippen LogP contribution in [0.25, 0.3) is 0 Å². The van der Waals surface area contributed by atoms with Gasteiger partial charge >= 0.3 is 5.97 Å². The third-order valence-electron chi connectivity index (χ3n) is 3.05. The van der Waals surface area contributed by atoms with Gasteiger partial charge in [-0.05, 0) is 26.7 Å². The Bertz CT molecular complexity index is 436. The van der Waals surface area contributed by atoms with E-state index in [0.29, 0.717) is 6.42 Å². The highest BCUT2D eigenvalue weighted by molar-refractivity contribution is 7.93. The molecule has 2 atom stereocenters. The molecule has 0 aromatic carbocycles. The molecule has 112 valence electrons. The van der Waals surface area contributed by atoms with Gasteiger partial charge in [-0.25, -0.2) is 13.2 Å². The van der Waals surface area contributed by atoms with Gasteiger partial charge in [-0.3, -0.25) is 4.79 Å².